The Morgan fingerprint density at radius 3 is 2.34 bits per heavy atom. The molecule has 0 spiro atoms. The van der Waals surface area contributed by atoms with E-state index in [1.54, 1.807) is 24.5 Å². The molecular formula is C27H35N5O3. The molecule has 35 heavy (non-hydrogen) atoms. The van der Waals surface area contributed by atoms with Crippen LogP contribution in [0, 0.1) is 11.5 Å². The van der Waals surface area contributed by atoms with Crippen molar-refractivity contribution in [2.75, 3.05) is 11.4 Å². The first kappa shape index (κ1) is 26.2. The predicted molar refractivity (Wildman–Crippen MR) is 134 cm³/mol. The largest absolute Gasteiger partial charge is 0.391 e. The number of rotatable bonds is 5. The van der Waals surface area contributed by atoms with E-state index in [1.165, 1.54) is 9.80 Å². The van der Waals surface area contributed by atoms with E-state index >= 15 is 0 Å². The maximum atomic E-state index is 14.0. The van der Waals surface area contributed by atoms with E-state index in [-0.39, 0.29) is 24.3 Å². The monoisotopic (exact) mass is 477 g/mol. The maximum absolute atomic E-state index is 14.0. The van der Waals surface area contributed by atoms with Gasteiger partial charge >= 0.3 is 0 Å². The van der Waals surface area contributed by atoms with E-state index in [4.69, 9.17) is 0 Å². The second kappa shape index (κ2) is 10.0. The van der Waals surface area contributed by atoms with Crippen molar-refractivity contribution in [3.05, 3.63) is 59.9 Å². The second-order valence-electron chi connectivity index (χ2n) is 11.1. The van der Waals surface area contributed by atoms with Gasteiger partial charge in [-0.3, -0.25) is 24.4 Å². The molecule has 186 valence electrons. The summed E-state index contributed by atoms with van der Waals surface area (Å²) < 4.78 is 0. The van der Waals surface area contributed by atoms with Crippen molar-refractivity contribution in [3.8, 4) is 6.19 Å². The van der Waals surface area contributed by atoms with Crippen LogP contribution in [-0.2, 0) is 15.0 Å². The Hall–Kier alpha value is -3.44. The lowest BCUT2D eigenvalue weighted by atomic mass is 9.87. The van der Waals surface area contributed by atoms with Gasteiger partial charge in [0.05, 0.1) is 12.6 Å². The molecule has 1 saturated heterocycles. The average molecular weight is 478 g/mol. The number of aliphatic hydroxyl groups is 1. The van der Waals surface area contributed by atoms with Gasteiger partial charge in [-0.15, -0.1) is 0 Å². The number of hydrogen-bond acceptors (Lipinski definition) is 6. The number of nitrogens with one attached hydrogen (secondary N) is 1. The van der Waals surface area contributed by atoms with E-state index in [2.05, 4.69) is 31.1 Å². The summed E-state index contributed by atoms with van der Waals surface area (Å²) in [4.78, 5) is 34.6. The predicted octanol–water partition coefficient (Wildman–Crippen LogP) is 3.28. The molecule has 2 amide bonds. The number of β-amino-alcohol motifs (C(OH)–C–C–N with tert-alkyl or cyclic N) is 1. The molecule has 2 heterocycles. The fourth-order valence-corrected chi connectivity index (χ4v) is 4.24. The van der Waals surface area contributed by atoms with E-state index in [1.807, 2.05) is 51.2 Å². The molecule has 8 nitrogen and oxygen atoms in total. The first-order valence-electron chi connectivity index (χ1n) is 11.8. The molecule has 1 aliphatic rings. The molecule has 0 saturated carbocycles. The van der Waals surface area contributed by atoms with Crippen molar-refractivity contribution in [1.82, 2.24) is 15.2 Å². The van der Waals surface area contributed by atoms with Gasteiger partial charge in [0.1, 0.15) is 12.1 Å². The number of nitriles is 1. The van der Waals surface area contributed by atoms with E-state index in [0.29, 0.717) is 11.3 Å². The Morgan fingerprint density at radius 1 is 1.17 bits per heavy atom. The van der Waals surface area contributed by atoms with Gasteiger partial charge in [0.25, 0.3) is 5.91 Å². The third kappa shape index (κ3) is 6.17. The number of amides is 2. The third-order valence-corrected chi connectivity index (χ3v) is 5.95. The normalized spacial score (nSPS) is 19.1. The Bertz CT molecular complexity index is 1080. The summed E-state index contributed by atoms with van der Waals surface area (Å²) in [6.45, 7) is 12.0. The molecule has 1 aromatic heterocycles. The third-order valence-electron chi connectivity index (χ3n) is 5.95. The SMILES string of the molecule is CC(C)(C)NC(=O)C(c1cccnc1)N(C(=O)C1CC(O)CN1C#N)c1ccc(C(C)(C)C)cc1. The average Bonchev–Trinajstić information content (AvgIpc) is 3.16. The first-order chi connectivity index (χ1) is 16.3. The lowest BCUT2D eigenvalue weighted by Gasteiger charge is -2.36. The Kier molecular flexibility index (Phi) is 7.51. The minimum absolute atomic E-state index is 0.0788. The highest BCUT2D eigenvalue weighted by atomic mass is 16.3. The highest BCUT2D eigenvalue weighted by molar-refractivity contribution is 6.04. The van der Waals surface area contributed by atoms with Crippen molar-refractivity contribution in [2.45, 2.75) is 77.1 Å². The fourth-order valence-electron chi connectivity index (χ4n) is 4.24. The lowest BCUT2D eigenvalue weighted by molar-refractivity contribution is -0.129. The molecule has 0 radical (unpaired) electrons. The lowest BCUT2D eigenvalue weighted by Crippen LogP contribution is -2.53. The molecule has 0 aliphatic carbocycles. The van der Waals surface area contributed by atoms with Gasteiger partial charge < -0.3 is 10.4 Å². The number of aliphatic hydroxyl groups excluding tert-OH is 1. The summed E-state index contributed by atoms with van der Waals surface area (Å²) in [6.07, 6.45) is 4.52. The Morgan fingerprint density at radius 2 is 1.83 bits per heavy atom. The molecule has 2 aromatic rings. The summed E-state index contributed by atoms with van der Waals surface area (Å²) in [6, 6.07) is 9.14. The van der Waals surface area contributed by atoms with Crippen molar-refractivity contribution < 1.29 is 14.7 Å². The molecule has 2 N–H and O–H groups in total. The van der Waals surface area contributed by atoms with Gasteiger partial charge in [0.2, 0.25) is 5.91 Å². The summed E-state index contributed by atoms with van der Waals surface area (Å²) in [5, 5.41) is 22.8. The van der Waals surface area contributed by atoms with Crippen LogP contribution >= 0.6 is 0 Å². The van der Waals surface area contributed by atoms with Crippen LogP contribution < -0.4 is 10.2 Å². The molecule has 3 rings (SSSR count). The molecule has 1 aliphatic heterocycles. The van der Waals surface area contributed by atoms with Crippen LogP contribution in [0.25, 0.3) is 0 Å². The molecule has 1 aromatic carbocycles. The van der Waals surface area contributed by atoms with Gasteiger partial charge in [-0.05, 0) is 49.9 Å². The summed E-state index contributed by atoms with van der Waals surface area (Å²) in [5.74, 6) is -0.787. The van der Waals surface area contributed by atoms with Crippen LogP contribution in [0.5, 0.6) is 0 Å². The second-order valence-corrected chi connectivity index (χ2v) is 11.1. The quantitative estimate of drug-likeness (QED) is 0.640. The highest BCUT2D eigenvalue weighted by Gasteiger charge is 2.43. The topological polar surface area (TPSA) is 110 Å². The van der Waals surface area contributed by atoms with Crippen LogP contribution in [0.3, 0.4) is 0 Å². The van der Waals surface area contributed by atoms with Gasteiger partial charge in [0, 0.05) is 35.6 Å². The van der Waals surface area contributed by atoms with Crippen LogP contribution in [0.2, 0.25) is 0 Å². The highest BCUT2D eigenvalue weighted by Crippen LogP contribution is 2.33. The van der Waals surface area contributed by atoms with Gasteiger partial charge in [-0.2, -0.15) is 5.26 Å². The number of carbonyl (C=O) groups excluding carboxylic acids is 2. The minimum atomic E-state index is -1.02. The number of likely N-dealkylation sites (tertiary alicyclic amines) is 1. The van der Waals surface area contributed by atoms with E-state index in [9.17, 15) is 20.0 Å². The van der Waals surface area contributed by atoms with Crippen LogP contribution in [-0.4, -0.2) is 51.0 Å². The van der Waals surface area contributed by atoms with Gasteiger partial charge in [-0.1, -0.05) is 39.0 Å². The first-order valence-corrected chi connectivity index (χ1v) is 11.8. The minimum Gasteiger partial charge on any atom is -0.391 e. The van der Waals surface area contributed by atoms with Crippen molar-refractivity contribution in [2.24, 2.45) is 0 Å². The van der Waals surface area contributed by atoms with E-state index < -0.39 is 29.6 Å². The van der Waals surface area contributed by atoms with Crippen molar-refractivity contribution >= 4 is 17.5 Å². The van der Waals surface area contributed by atoms with Gasteiger partial charge in [-0.25, -0.2) is 0 Å². The zero-order valence-electron chi connectivity index (χ0n) is 21.3. The molecule has 1 fully saturated rings. The fraction of sp³-hybridized carbons (Fsp3) is 0.481. The summed E-state index contributed by atoms with van der Waals surface area (Å²) in [5.41, 5.74) is 1.53. The zero-order chi connectivity index (χ0) is 26.0. The van der Waals surface area contributed by atoms with Crippen molar-refractivity contribution in [3.63, 3.8) is 0 Å². The number of hydrogen-bond donors (Lipinski definition) is 2. The smallest absolute Gasteiger partial charge is 0.251 e. The zero-order valence-corrected chi connectivity index (χ0v) is 21.3. The number of carbonyl (C=O) groups is 2. The van der Waals surface area contributed by atoms with Crippen molar-refractivity contribution in [1.29, 1.82) is 5.26 Å². The molecule has 3 atom stereocenters. The van der Waals surface area contributed by atoms with Crippen LogP contribution in [0.15, 0.2) is 48.8 Å². The molecule has 0 bridgehead atoms. The van der Waals surface area contributed by atoms with Crippen LogP contribution in [0.1, 0.15) is 65.1 Å². The summed E-state index contributed by atoms with van der Waals surface area (Å²) in [7, 11) is 0. The number of pyridine rings is 1. The maximum Gasteiger partial charge on any atom is 0.251 e. The number of aromatic nitrogens is 1. The number of benzene rings is 1. The standard InChI is InChI=1S/C27H35N5O3/c1-26(2,3)19-9-11-20(12-10-19)32(25(35)22-14-21(33)16-31(22)17-28)23(18-8-7-13-29-15-18)24(34)30-27(4,5)6/h7-13,15,21-23,33H,14,16H2,1-6H3,(H,30,34). The molecule has 8 heteroatoms. The van der Waals surface area contributed by atoms with Crippen LogP contribution in [0.4, 0.5) is 5.69 Å². The van der Waals surface area contributed by atoms with Gasteiger partial charge in [0.15, 0.2) is 6.19 Å². The Balaban J connectivity index is 2.16. The molecular weight excluding hydrogens is 442 g/mol. The van der Waals surface area contributed by atoms with E-state index in [0.717, 1.165) is 5.56 Å². The summed E-state index contributed by atoms with van der Waals surface area (Å²) >= 11 is 0. The number of nitrogens with zero attached hydrogens (tertiary/aromatic N) is 4. The Labute approximate surface area is 207 Å². The number of anilines is 1. The molecule has 3 unspecified atom stereocenters.